The summed E-state index contributed by atoms with van der Waals surface area (Å²) in [5.74, 6) is -2.63. The van der Waals surface area contributed by atoms with Gasteiger partial charge in [-0.2, -0.15) is 0 Å². The van der Waals surface area contributed by atoms with E-state index >= 15 is 0 Å². The van der Waals surface area contributed by atoms with Gasteiger partial charge in [0, 0.05) is 31.8 Å². The number of hydrogen-bond donors (Lipinski definition) is 1. The Morgan fingerprint density at radius 1 is 1.27 bits per heavy atom. The number of piperidine rings is 1. The molecule has 26 heavy (non-hydrogen) atoms. The molecule has 2 rings (SSSR count). The average molecular weight is 397 g/mol. The molecule has 0 bridgehead atoms. The molecule has 6 nitrogen and oxygen atoms in total. The van der Waals surface area contributed by atoms with E-state index in [1.807, 2.05) is 6.92 Å². The molecule has 1 saturated carbocycles. The van der Waals surface area contributed by atoms with Gasteiger partial charge in [-0.15, -0.1) is 0 Å². The maximum atomic E-state index is 13.3. The molecule has 0 radical (unpaired) electrons. The number of alkyl halides is 2. The highest BCUT2D eigenvalue weighted by Crippen LogP contribution is 2.34. The van der Waals surface area contributed by atoms with Crippen molar-refractivity contribution in [3.8, 4) is 0 Å². The van der Waals surface area contributed by atoms with Gasteiger partial charge in [-0.05, 0) is 32.1 Å². The number of hydrogen-bond acceptors (Lipinski definition) is 4. The fourth-order valence-corrected chi connectivity index (χ4v) is 4.58. The van der Waals surface area contributed by atoms with Crippen LogP contribution >= 0.6 is 0 Å². The topological polar surface area (TPSA) is 75.7 Å². The number of carbonyl (C=O) groups is 1. The average Bonchev–Trinajstić information content (AvgIpc) is 2.53. The van der Waals surface area contributed by atoms with Crippen LogP contribution in [-0.4, -0.2) is 62.7 Å². The molecule has 0 unspecified atom stereocenters. The van der Waals surface area contributed by atoms with Crippen molar-refractivity contribution in [2.24, 2.45) is 0 Å². The monoisotopic (exact) mass is 396 g/mol. The summed E-state index contributed by atoms with van der Waals surface area (Å²) in [5, 5.41) is 0. The first-order valence-electron chi connectivity index (χ1n) is 9.37. The first-order chi connectivity index (χ1) is 12.1. The van der Waals surface area contributed by atoms with Crippen LogP contribution in [0.5, 0.6) is 0 Å². The lowest BCUT2D eigenvalue weighted by molar-refractivity contribution is -0.139. The zero-order valence-corrected chi connectivity index (χ0v) is 16.4. The van der Waals surface area contributed by atoms with E-state index in [-0.39, 0.29) is 44.3 Å². The second-order valence-corrected chi connectivity index (χ2v) is 9.21. The van der Waals surface area contributed by atoms with Crippen LogP contribution in [-0.2, 0) is 19.6 Å². The Hall–Kier alpha value is -0.800. The van der Waals surface area contributed by atoms with Gasteiger partial charge in [0.15, 0.2) is 0 Å². The summed E-state index contributed by atoms with van der Waals surface area (Å²) < 4.78 is 58.4. The van der Waals surface area contributed by atoms with Crippen molar-refractivity contribution in [2.45, 2.75) is 82.4 Å². The maximum Gasteiger partial charge on any atom is 0.248 e. The number of carbonyl (C=O) groups excluding carboxylic acids is 1. The summed E-state index contributed by atoms with van der Waals surface area (Å²) in [7, 11) is -3.42. The molecule has 0 spiro atoms. The summed E-state index contributed by atoms with van der Waals surface area (Å²) in [6, 6.07) is -0.815. The Morgan fingerprint density at radius 3 is 2.50 bits per heavy atom. The fraction of sp³-hybridized carbons (Fsp3) is 0.941. The van der Waals surface area contributed by atoms with Crippen molar-refractivity contribution in [1.82, 2.24) is 9.62 Å². The number of likely N-dealkylation sites (tertiary alicyclic amines) is 1. The molecular formula is C17H30F2N2O4S. The van der Waals surface area contributed by atoms with Gasteiger partial charge >= 0.3 is 0 Å². The molecule has 1 amide bonds. The Bertz CT molecular complexity index is 575. The maximum absolute atomic E-state index is 13.3. The van der Waals surface area contributed by atoms with Crippen molar-refractivity contribution in [3.05, 3.63) is 0 Å². The van der Waals surface area contributed by atoms with Gasteiger partial charge in [-0.3, -0.25) is 4.79 Å². The summed E-state index contributed by atoms with van der Waals surface area (Å²) in [5.41, 5.74) is 0. The highest BCUT2D eigenvalue weighted by Gasteiger charge is 2.38. The van der Waals surface area contributed by atoms with Crippen LogP contribution in [0.1, 0.15) is 58.3 Å². The molecule has 2 aliphatic rings. The predicted molar refractivity (Wildman–Crippen MR) is 94.6 cm³/mol. The normalized spacial score (nSPS) is 27.5. The Kier molecular flexibility index (Phi) is 7.38. The lowest BCUT2D eigenvalue weighted by atomic mass is 9.93. The number of halogens is 2. The van der Waals surface area contributed by atoms with Crippen LogP contribution in [0, 0.1) is 0 Å². The molecule has 1 heterocycles. The predicted octanol–water partition coefficient (Wildman–Crippen LogP) is 2.29. The third-order valence-electron chi connectivity index (χ3n) is 5.10. The van der Waals surface area contributed by atoms with Gasteiger partial charge in [-0.25, -0.2) is 21.9 Å². The molecule has 1 saturated heterocycles. The fourth-order valence-electron chi connectivity index (χ4n) is 3.76. The molecule has 0 aromatic rings. The van der Waals surface area contributed by atoms with E-state index in [1.165, 1.54) is 0 Å². The number of amides is 1. The number of ether oxygens (including phenoxy) is 1. The van der Waals surface area contributed by atoms with E-state index in [0.717, 1.165) is 12.7 Å². The summed E-state index contributed by atoms with van der Waals surface area (Å²) in [4.78, 5) is 14.2. The van der Waals surface area contributed by atoms with E-state index in [4.69, 9.17) is 4.74 Å². The molecule has 0 aromatic heterocycles. The molecule has 2 fully saturated rings. The van der Waals surface area contributed by atoms with Crippen molar-refractivity contribution < 1.29 is 26.7 Å². The zero-order chi connectivity index (χ0) is 19.4. The number of nitrogens with zero attached hydrogens (tertiary/aromatic N) is 1. The van der Waals surface area contributed by atoms with E-state index < -0.39 is 28.0 Å². The minimum Gasteiger partial charge on any atom is -0.376 e. The van der Waals surface area contributed by atoms with Crippen LogP contribution in [0.3, 0.4) is 0 Å². The van der Waals surface area contributed by atoms with Crippen LogP contribution < -0.4 is 4.72 Å². The summed E-state index contributed by atoms with van der Waals surface area (Å²) in [6.45, 7) is 2.65. The van der Waals surface area contributed by atoms with E-state index in [0.29, 0.717) is 25.8 Å². The van der Waals surface area contributed by atoms with Gasteiger partial charge in [0.1, 0.15) is 0 Å². The summed E-state index contributed by atoms with van der Waals surface area (Å²) in [6.07, 6.45) is 3.48. The van der Waals surface area contributed by atoms with Crippen molar-refractivity contribution in [2.75, 3.05) is 19.4 Å². The molecule has 2 atom stereocenters. The lowest BCUT2D eigenvalue weighted by Gasteiger charge is -2.42. The van der Waals surface area contributed by atoms with E-state index in [1.54, 1.807) is 4.90 Å². The number of sulfonamides is 1. The first kappa shape index (κ1) is 21.5. The van der Waals surface area contributed by atoms with Gasteiger partial charge in [0.05, 0.1) is 25.0 Å². The number of nitrogens with one attached hydrogen (secondary N) is 1. The van der Waals surface area contributed by atoms with Crippen LogP contribution in [0.25, 0.3) is 0 Å². The van der Waals surface area contributed by atoms with Crippen LogP contribution in [0.15, 0.2) is 0 Å². The van der Waals surface area contributed by atoms with Crippen LogP contribution in [0.4, 0.5) is 8.78 Å². The molecule has 152 valence electrons. The Morgan fingerprint density at radius 2 is 1.92 bits per heavy atom. The van der Waals surface area contributed by atoms with Crippen molar-refractivity contribution >= 4 is 15.9 Å². The molecular weight excluding hydrogens is 366 g/mol. The largest absolute Gasteiger partial charge is 0.376 e. The van der Waals surface area contributed by atoms with Crippen molar-refractivity contribution in [3.63, 3.8) is 0 Å². The van der Waals surface area contributed by atoms with Gasteiger partial charge in [0.25, 0.3) is 0 Å². The third kappa shape index (κ3) is 6.42. The Labute approximate surface area is 154 Å². The molecule has 0 aromatic carbocycles. The standard InChI is InChI=1S/C17H30F2N2O4S/c1-3-5-16(22)21-11-4-6-14(20-26(2,23)24)15(21)12-25-13-7-9-17(18,19)10-8-13/h13-15,20H,3-12H2,1-2H3/t14-,15-/m0/s1. The SMILES string of the molecule is CCCC(=O)N1CCC[C@H](NS(C)(=O)=O)[C@@H]1COC1CCC(F)(F)CC1. The lowest BCUT2D eigenvalue weighted by Crippen LogP contribution is -2.59. The van der Waals surface area contributed by atoms with Gasteiger partial charge < -0.3 is 9.64 Å². The highest BCUT2D eigenvalue weighted by molar-refractivity contribution is 7.88. The first-order valence-corrected chi connectivity index (χ1v) is 11.3. The third-order valence-corrected chi connectivity index (χ3v) is 5.83. The number of rotatable bonds is 7. The zero-order valence-electron chi connectivity index (χ0n) is 15.5. The van der Waals surface area contributed by atoms with Crippen LogP contribution in [0.2, 0.25) is 0 Å². The minimum absolute atomic E-state index is 0.0173. The second kappa shape index (κ2) is 8.93. The van der Waals surface area contributed by atoms with E-state index in [9.17, 15) is 22.0 Å². The molecule has 1 N–H and O–H groups in total. The van der Waals surface area contributed by atoms with Crippen molar-refractivity contribution in [1.29, 1.82) is 0 Å². The molecule has 1 aliphatic heterocycles. The second-order valence-electron chi connectivity index (χ2n) is 7.43. The minimum atomic E-state index is -3.42. The molecule has 1 aliphatic carbocycles. The Balaban J connectivity index is 2.03. The molecule has 9 heteroatoms. The van der Waals surface area contributed by atoms with Gasteiger partial charge in [-0.1, -0.05) is 6.92 Å². The van der Waals surface area contributed by atoms with Gasteiger partial charge in [0.2, 0.25) is 21.9 Å². The van der Waals surface area contributed by atoms with E-state index in [2.05, 4.69) is 4.72 Å². The smallest absolute Gasteiger partial charge is 0.248 e. The highest BCUT2D eigenvalue weighted by atomic mass is 32.2. The quantitative estimate of drug-likeness (QED) is 0.716. The summed E-state index contributed by atoms with van der Waals surface area (Å²) >= 11 is 0.